The summed E-state index contributed by atoms with van der Waals surface area (Å²) in [5, 5.41) is 6.85. The number of halogens is 4. The van der Waals surface area contributed by atoms with Gasteiger partial charge in [-0.15, -0.1) is 0 Å². The third-order valence-corrected chi connectivity index (χ3v) is 6.39. The summed E-state index contributed by atoms with van der Waals surface area (Å²) in [4.78, 5) is 0. The largest absolute Gasteiger partial charge is 0.496 e. The summed E-state index contributed by atoms with van der Waals surface area (Å²) < 4.78 is 46.5. The van der Waals surface area contributed by atoms with Gasteiger partial charge in [0.25, 0.3) is 0 Å². The van der Waals surface area contributed by atoms with Gasteiger partial charge in [0.05, 0.1) is 7.11 Å². The number of allylic oxidation sites excluding steroid dienone is 1. The van der Waals surface area contributed by atoms with Gasteiger partial charge in [-0.3, -0.25) is 0 Å². The fraction of sp³-hybridized carbons (Fsp3) is 0.286. The summed E-state index contributed by atoms with van der Waals surface area (Å²) in [6.45, 7) is 7.03. The fourth-order valence-corrected chi connectivity index (χ4v) is 4.13. The average molecular weight is 503 g/mol. The highest BCUT2D eigenvalue weighted by Gasteiger charge is 2.27. The molecule has 3 aromatic rings. The van der Waals surface area contributed by atoms with Crippen LogP contribution in [-0.4, -0.2) is 13.7 Å². The topological polar surface area (TPSA) is 33.3 Å². The van der Waals surface area contributed by atoms with Crippen molar-refractivity contribution >= 4 is 34.7 Å². The van der Waals surface area contributed by atoms with Crippen molar-refractivity contribution in [1.29, 1.82) is 0 Å². The third kappa shape index (κ3) is 6.31. The Balaban J connectivity index is 1.90. The molecule has 3 aromatic carbocycles. The molecule has 0 spiro atoms. The van der Waals surface area contributed by atoms with Crippen LogP contribution in [0.5, 0.6) is 5.75 Å². The molecule has 7 heteroatoms. The van der Waals surface area contributed by atoms with Crippen LogP contribution in [-0.2, 0) is 5.41 Å². The van der Waals surface area contributed by atoms with E-state index >= 15 is 0 Å². The van der Waals surface area contributed by atoms with Gasteiger partial charge in [-0.1, -0.05) is 37.6 Å². The minimum Gasteiger partial charge on any atom is -0.496 e. The molecule has 1 unspecified atom stereocenters. The molecule has 0 saturated carbocycles. The second kappa shape index (κ2) is 11.5. The van der Waals surface area contributed by atoms with Crippen LogP contribution < -0.4 is 15.4 Å². The van der Waals surface area contributed by atoms with Crippen molar-refractivity contribution < 1.29 is 17.9 Å². The highest BCUT2D eigenvalue weighted by Crippen LogP contribution is 2.40. The number of methoxy groups -OCH3 is 1. The van der Waals surface area contributed by atoms with Gasteiger partial charge in [-0.2, -0.15) is 0 Å². The molecule has 186 valence electrons. The van der Waals surface area contributed by atoms with E-state index in [0.717, 1.165) is 47.7 Å². The molecule has 0 saturated heterocycles. The molecule has 3 rings (SSSR count). The van der Waals surface area contributed by atoms with Crippen LogP contribution in [0.25, 0.3) is 6.08 Å². The fourth-order valence-electron chi connectivity index (χ4n) is 3.96. The molecule has 0 aliphatic heterocycles. The minimum absolute atomic E-state index is 0.115. The lowest BCUT2D eigenvalue weighted by Crippen LogP contribution is -2.21. The lowest BCUT2D eigenvalue weighted by Gasteiger charge is -2.30. The molecule has 3 nitrogen and oxygen atoms in total. The lowest BCUT2D eigenvalue weighted by molar-refractivity contribution is 0.414. The highest BCUT2D eigenvalue weighted by molar-refractivity contribution is 6.30. The number of nitrogens with one attached hydrogen (secondary N) is 2. The van der Waals surface area contributed by atoms with E-state index in [1.807, 2.05) is 37.3 Å². The minimum atomic E-state index is -1.50. The van der Waals surface area contributed by atoms with Gasteiger partial charge in [0, 0.05) is 52.4 Å². The van der Waals surface area contributed by atoms with E-state index in [-0.39, 0.29) is 11.1 Å². The van der Waals surface area contributed by atoms with Crippen LogP contribution in [0.1, 0.15) is 44.7 Å². The van der Waals surface area contributed by atoms with Crippen molar-refractivity contribution in [2.24, 2.45) is 0 Å². The Labute approximate surface area is 210 Å². The first-order valence-electron chi connectivity index (χ1n) is 11.5. The summed E-state index contributed by atoms with van der Waals surface area (Å²) in [7, 11) is 1.64. The predicted octanol–water partition coefficient (Wildman–Crippen LogP) is 8.71. The molecular formula is C28H30ClF3N2O. The highest BCUT2D eigenvalue weighted by atomic mass is 35.5. The molecule has 0 bridgehead atoms. The first kappa shape index (κ1) is 26.5. The van der Waals surface area contributed by atoms with Crippen molar-refractivity contribution in [2.75, 3.05) is 24.3 Å². The molecule has 0 aliphatic carbocycles. The van der Waals surface area contributed by atoms with Gasteiger partial charge in [0.2, 0.25) is 0 Å². The smallest absolute Gasteiger partial charge is 0.194 e. The van der Waals surface area contributed by atoms with Crippen molar-refractivity contribution in [2.45, 2.75) is 39.0 Å². The van der Waals surface area contributed by atoms with E-state index in [9.17, 15) is 13.2 Å². The van der Waals surface area contributed by atoms with E-state index < -0.39 is 17.5 Å². The monoisotopic (exact) mass is 502 g/mol. The average Bonchev–Trinajstić information content (AvgIpc) is 2.84. The molecule has 0 fully saturated rings. The van der Waals surface area contributed by atoms with Crippen molar-refractivity contribution in [1.82, 2.24) is 0 Å². The molecule has 0 heterocycles. The number of benzene rings is 3. The molecular weight excluding hydrogens is 473 g/mol. The standard InChI is InChI=1S/C28H30ClF3N2O/c1-5-28(3,13-7-8-18-9-11-20(33-6-2)17-26(18)35-4)22-14-19(29)10-12-25(22)34-21-15-23(30)27(32)24(31)16-21/h7-12,14-17,33-34H,5-6,13H2,1-4H3/b8-7+. The van der Waals surface area contributed by atoms with Crippen molar-refractivity contribution in [3.63, 3.8) is 0 Å². The Kier molecular flexibility index (Phi) is 8.73. The van der Waals surface area contributed by atoms with E-state index in [0.29, 0.717) is 17.1 Å². The summed E-state index contributed by atoms with van der Waals surface area (Å²) in [5.41, 5.74) is 3.24. The molecule has 1 atom stereocenters. The van der Waals surface area contributed by atoms with Crippen LogP contribution >= 0.6 is 11.6 Å². The first-order valence-corrected chi connectivity index (χ1v) is 11.9. The maximum absolute atomic E-state index is 13.8. The Hall–Kier alpha value is -3.12. The predicted molar refractivity (Wildman–Crippen MR) is 140 cm³/mol. The van der Waals surface area contributed by atoms with Crippen LogP contribution in [0.15, 0.2) is 54.6 Å². The zero-order chi connectivity index (χ0) is 25.6. The molecule has 2 N–H and O–H groups in total. The number of hydrogen-bond acceptors (Lipinski definition) is 3. The Morgan fingerprint density at radius 3 is 2.31 bits per heavy atom. The van der Waals surface area contributed by atoms with Gasteiger partial charge >= 0.3 is 0 Å². The SMILES string of the molecule is CCNc1ccc(/C=C/CC(C)(CC)c2cc(Cl)ccc2Nc2cc(F)c(F)c(F)c2)c(OC)c1. The first-order chi connectivity index (χ1) is 16.7. The van der Waals surface area contributed by atoms with Crippen LogP contribution in [0.2, 0.25) is 5.02 Å². The quantitative estimate of drug-likeness (QED) is 0.272. The van der Waals surface area contributed by atoms with E-state index in [4.69, 9.17) is 16.3 Å². The van der Waals surface area contributed by atoms with Crippen LogP contribution in [0, 0.1) is 17.5 Å². The van der Waals surface area contributed by atoms with E-state index in [2.05, 4.69) is 30.6 Å². The summed E-state index contributed by atoms with van der Waals surface area (Å²) in [6.07, 6.45) is 5.54. The summed E-state index contributed by atoms with van der Waals surface area (Å²) in [6, 6.07) is 13.1. The van der Waals surface area contributed by atoms with Crippen molar-refractivity contribution in [3.8, 4) is 5.75 Å². The van der Waals surface area contributed by atoms with Gasteiger partial charge in [0.15, 0.2) is 17.5 Å². The maximum Gasteiger partial charge on any atom is 0.194 e. The molecule has 0 radical (unpaired) electrons. The Morgan fingerprint density at radius 2 is 1.69 bits per heavy atom. The number of hydrogen-bond donors (Lipinski definition) is 2. The number of ether oxygens (including phenoxy) is 1. The lowest BCUT2D eigenvalue weighted by atomic mass is 9.76. The summed E-state index contributed by atoms with van der Waals surface area (Å²) >= 11 is 6.33. The second-order valence-electron chi connectivity index (χ2n) is 8.58. The van der Waals surface area contributed by atoms with Gasteiger partial charge in [-0.05, 0) is 61.1 Å². The number of rotatable bonds is 10. The van der Waals surface area contributed by atoms with Gasteiger partial charge in [0.1, 0.15) is 5.75 Å². The van der Waals surface area contributed by atoms with Gasteiger partial charge in [-0.25, -0.2) is 13.2 Å². The Bertz CT molecular complexity index is 1190. The maximum atomic E-state index is 13.8. The molecule has 35 heavy (non-hydrogen) atoms. The van der Waals surface area contributed by atoms with Crippen LogP contribution in [0.4, 0.5) is 30.2 Å². The van der Waals surface area contributed by atoms with E-state index in [1.54, 1.807) is 19.2 Å². The molecule has 0 aliphatic rings. The summed E-state index contributed by atoms with van der Waals surface area (Å²) in [5.74, 6) is -3.23. The van der Waals surface area contributed by atoms with Crippen LogP contribution in [0.3, 0.4) is 0 Å². The number of anilines is 3. The van der Waals surface area contributed by atoms with Gasteiger partial charge < -0.3 is 15.4 Å². The van der Waals surface area contributed by atoms with Crippen molar-refractivity contribution in [3.05, 3.63) is 88.2 Å². The normalized spacial score (nSPS) is 13.0. The zero-order valence-corrected chi connectivity index (χ0v) is 21.1. The van der Waals surface area contributed by atoms with E-state index in [1.165, 1.54) is 0 Å². The second-order valence-corrected chi connectivity index (χ2v) is 9.01. The Morgan fingerprint density at radius 1 is 0.971 bits per heavy atom. The molecule has 0 aromatic heterocycles. The zero-order valence-electron chi connectivity index (χ0n) is 20.3. The third-order valence-electron chi connectivity index (χ3n) is 6.16. The molecule has 0 amide bonds.